The van der Waals surface area contributed by atoms with Crippen molar-refractivity contribution in [2.24, 2.45) is 0 Å². The summed E-state index contributed by atoms with van der Waals surface area (Å²) in [5, 5.41) is 10.4. The largest absolute Gasteiger partial charge is 0.459 e. The van der Waals surface area contributed by atoms with Crippen LogP contribution in [-0.4, -0.2) is 87.9 Å². The number of morpholine rings is 1. The fraction of sp³-hybridized carbons (Fsp3) is 0.333. The molecule has 0 saturated carbocycles. The maximum Gasteiger partial charge on any atom is 0.296 e. The van der Waals surface area contributed by atoms with E-state index in [1.165, 1.54) is 16.6 Å². The molecular formula is C33H36N8O4. The number of benzene rings is 2. The third-order valence-corrected chi connectivity index (χ3v) is 8.04. The summed E-state index contributed by atoms with van der Waals surface area (Å²) in [7, 11) is 0. The van der Waals surface area contributed by atoms with Crippen molar-refractivity contribution in [1.29, 1.82) is 0 Å². The topological polar surface area (TPSA) is 123 Å². The van der Waals surface area contributed by atoms with Gasteiger partial charge in [0.2, 0.25) is 0 Å². The number of carbonyl (C=O) groups is 1. The molecule has 12 nitrogen and oxygen atoms in total. The molecule has 12 heteroatoms. The number of likely N-dealkylation sites (tertiary alicyclic amines) is 1. The lowest BCUT2D eigenvalue weighted by molar-refractivity contribution is 0.0932. The van der Waals surface area contributed by atoms with Gasteiger partial charge in [-0.1, -0.05) is 42.5 Å². The van der Waals surface area contributed by atoms with Crippen molar-refractivity contribution in [2.45, 2.75) is 25.3 Å². The second kappa shape index (κ2) is 14.7. The van der Waals surface area contributed by atoms with E-state index in [9.17, 15) is 9.59 Å². The zero-order valence-electron chi connectivity index (χ0n) is 25.0. The predicted molar refractivity (Wildman–Crippen MR) is 170 cm³/mol. The molecule has 2 fully saturated rings. The molecule has 5 heterocycles. The fourth-order valence-electron chi connectivity index (χ4n) is 5.63. The molecule has 2 aliphatic heterocycles. The molecule has 2 aliphatic rings. The number of rotatable bonds is 7. The van der Waals surface area contributed by atoms with Gasteiger partial charge in [-0.15, -0.1) is 9.89 Å². The standard InChI is InChI=1S/C22H24N4O2.C11H12N4O2/c27-22(20-7-4-16-28-20)26(21-17-23-11-12-24-21)19-9-14-25(15-10-19)13-8-18-5-2-1-3-6-18;16-11-9-3-1-2-4-10(9)12-13-15(11)14-5-7-17-8-6-14/h1-7,11-12,16-17,19H,8-10,13-15H2;1-4H,5-8H2. The Morgan fingerprint density at radius 2 is 1.69 bits per heavy atom. The molecule has 3 aromatic heterocycles. The molecule has 2 saturated heterocycles. The summed E-state index contributed by atoms with van der Waals surface area (Å²) in [5.41, 5.74) is 1.86. The minimum absolute atomic E-state index is 0.0854. The molecular weight excluding hydrogens is 572 g/mol. The first-order chi connectivity index (χ1) is 22.2. The number of furan rings is 1. The van der Waals surface area contributed by atoms with Crippen LogP contribution in [0.2, 0.25) is 0 Å². The molecule has 0 bridgehead atoms. The van der Waals surface area contributed by atoms with E-state index in [4.69, 9.17) is 9.15 Å². The molecule has 0 unspecified atom stereocenters. The van der Waals surface area contributed by atoms with Crippen LogP contribution >= 0.6 is 0 Å². The van der Waals surface area contributed by atoms with Gasteiger partial charge < -0.3 is 14.1 Å². The van der Waals surface area contributed by atoms with Crippen LogP contribution in [0, 0.1) is 0 Å². The Morgan fingerprint density at radius 1 is 0.911 bits per heavy atom. The third-order valence-electron chi connectivity index (χ3n) is 8.04. The summed E-state index contributed by atoms with van der Waals surface area (Å²) in [6.45, 7) is 5.50. The van der Waals surface area contributed by atoms with E-state index in [1.54, 1.807) is 47.8 Å². The molecule has 5 aromatic rings. The Bertz CT molecular complexity index is 1700. The smallest absolute Gasteiger partial charge is 0.296 e. The van der Waals surface area contributed by atoms with E-state index in [-0.39, 0.29) is 17.5 Å². The average Bonchev–Trinajstić information content (AvgIpc) is 3.66. The van der Waals surface area contributed by atoms with Gasteiger partial charge in [-0.2, -0.15) is 0 Å². The van der Waals surface area contributed by atoms with E-state index in [2.05, 4.69) is 49.4 Å². The number of piperidine rings is 1. The van der Waals surface area contributed by atoms with Gasteiger partial charge in [-0.05, 0) is 54.3 Å². The highest BCUT2D eigenvalue weighted by Gasteiger charge is 2.32. The van der Waals surface area contributed by atoms with Crippen molar-refractivity contribution in [3.05, 3.63) is 113 Å². The maximum atomic E-state index is 13.0. The van der Waals surface area contributed by atoms with E-state index in [0.717, 1.165) is 38.9 Å². The molecule has 0 spiro atoms. The Balaban J connectivity index is 0.000000179. The Morgan fingerprint density at radius 3 is 2.42 bits per heavy atom. The number of amides is 1. The van der Waals surface area contributed by atoms with E-state index < -0.39 is 0 Å². The molecule has 0 N–H and O–H groups in total. The Labute approximate surface area is 260 Å². The average molecular weight is 609 g/mol. The van der Waals surface area contributed by atoms with Gasteiger partial charge in [0.15, 0.2) is 11.6 Å². The van der Waals surface area contributed by atoms with Gasteiger partial charge in [-0.25, -0.2) is 4.98 Å². The van der Waals surface area contributed by atoms with Crippen LogP contribution in [0.1, 0.15) is 29.0 Å². The van der Waals surface area contributed by atoms with Crippen LogP contribution in [0.5, 0.6) is 0 Å². The number of nitrogens with zero attached hydrogens (tertiary/aromatic N) is 8. The van der Waals surface area contributed by atoms with E-state index in [0.29, 0.717) is 48.8 Å². The van der Waals surface area contributed by atoms with E-state index in [1.807, 2.05) is 23.2 Å². The Kier molecular flexibility index (Phi) is 9.83. The minimum atomic E-state index is -0.159. The number of hydrogen-bond acceptors (Lipinski definition) is 10. The van der Waals surface area contributed by atoms with Gasteiger partial charge in [-0.3, -0.25) is 24.5 Å². The van der Waals surface area contributed by atoms with Crippen LogP contribution in [-0.2, 0) is 11.2 Å². The van der Waals surface area contributed by atoms with Crippen molar-refractivity contribution in [3.63, 3.8) is 0 Å². The number of hydrogen-bond donors (Lipinski definition) is 0. The predicted octanol–water partition coefficient (Wildman–Crippen LogP) is 3.18. The quantitative estimate of drug-likeness (QED) is 0.272. The third kappa shape index (κ3) is 7.41. The summed E-state index contributed by atoms with van der Waals surface area (Å²) in [6.07, 6.45) is 9.25. The summed E-state index contributed by atoms with van der Waals surface area (Å²) in [5.74, 6) is 0.747. The van der Waals surface area contributed by atoms with Crippen molar-refractivity contribution in [1.82, 2.24) is 30.0 Å². The minimum Gasteiger partial charge on any atom is -0.459 e. The number of fused-ring (bicyclic) bond motifs is 1. The number of anilines is 1. The normalized spacial score (nSPS) is 15.8. The molecule has 0 radical (unpaired) electrons. The SMILES string of the molecule is O=C(c1ccco1)N(c1cnccn1)C1CCN(CCc2ccccc2)CC1.O=c1c2ccccc2nnn1N1CCOCC1. The number of carbonyl (C=O) groups excluding carboxylic acids is 1. The molecule has 0 atom stereocenters. The highest BCUT2D eigenvalue weighted by Crippen LogP contribution is 2.24. The zero-order valence-corrected chi connectivity index (χ0v) is 25.0. The van der Waals surface area contributed by atoms with Crippen molar-refractivity contribution in [3.8, 4) is 0 Å². The zero-order chi connectivity index (χ0) is 30.8. The maximum absolute atomic E-state index is 13.0. The van der Waals surface area contributed by atoms with Crippen LogP contribution in [0.25, 0.3) is 10.9 Å². The molecule has 1 amide bonds. The summed E-state index contributed by atoms with van der Waals surface area (Å²) >= 11 is 0. The van der Waals surface area contributed by atoms with Crippen molar-refractivity contribution >= 4 is 22.6 Å². The van der Waals surface area contributed by atoms with Gasteiger partial charge in [0.05, 0.1) is 44.1 Å². The van der Waals surface area contributed by atoms with Crippen molar-refractivity contribution in [2.75, 3.05) is 55.8 Å². The number of aromatic nitrogens is 5. The first-order valence-corrected chi connectivity index (χ1v) is 15.2. The first kappa shape index (κ1) is 30.1. The second-order valence-electron chi connectivity index (χ2n) is 10.9. The molecule has 7 rings (SSSR count). The van der Waals surface area contributed by atoms with Gasteiger partial charge in [0.1, 0.15) is 5.52 Å². The lowest BCUT2D eigenvalue weighted by Crippen LogP contribution is -2.50. The van der Waals surface area contributed by atoms with Crippen LogP contribution < -0.4 is 15.5 Å². The fourth-order valence-corrected chi connectivity index (χ4v) is 5.63. The Hall–Kier alpha value is -4.94. The summed E-state index contributed by atoms with van der Waals surface area (Å²) in [4.78, 5) is 39.3. The summed E-state index contributed by atoms with van der Waals surface area (Å²) in [6, 6.07) is 21.3. The molecule has 0 aliphatic carbocycles. The van der Waals surface area contributed by atoms with Crippen LogP contribution in [0.4, 0.5) is 5.82 Å². The van der Waals surface area contributed by atoms with Gasteiger partial charge in [0.25, 0.3) is 11.5 Å². The van der Waals surface area contributed by atoms with E-state index >= 15 is 0 Å². The summed E-state index contributed by atoms with van der Waals surface area (Å²) < 4.78 is 10.6. The van der Waals surface area contributed by atoms with Crippen LogP contribution in [0.3, 0.4) is 0 Å². The van der Waals surface area contributed by atoms with Gasteiger partial charge >= 0.3 is 0 Å². The molecule has 232 valence electrons. The first-order valence-electron chi connectivity index (χ1n) is 15.2. The lowest BCUT2D eigenvalue weighted by atomic mass is 10.0. The highest BCUT2D eigenvalue weighted by atomic mass is 16.5. The van der Waals surface area contributed by atoms with Crippen molar-refractivity contribution < 1.29 is 13.9 Å². The second-order valence-corrected chi connectivity index (χ2v) is 10.9. The van der Waals surface area contributed by atoms with Gasteiger partial charge in [0, 0.05) is 38.1 Å². The van der Waals surface area contributed by atoms with Crippen LogP contribution in [0.15, 0.2) is 101 Å². The molecule has 2 aromatic carbocycles. The highest BCUT2D eigenvalue weighted by molar-refractivity contribution is 6.04. The lowest BCUT2D eigenvalue weighted by Gasteiger charge is -2.37. The molecule has 45 heavy (non-hydrogen) atoms. The number of ether oxygens (including phenoxy) is 1. The monoisotopic (exact) mass is 608 g/mol.